The lowest BCUT2D eigenvalue weighted by molar-refractivity contribution is 0.0541. The summed E-state index contributed by atoms with van der Waals surface area (Å²) in [6.45, 7) is 9.50. The fourth-order valence-electron chi connectivity index (χ4n) is 1.79. The molecule has 0 fully saturated rings. The Hall–Kier alpha value is -2.24. The van der Waals surface area contributed by atoms with E-state index in [0.29, 0.717) is 5.82 Å². The molecule has 6 nitrogen and oxygen atoms in total. The van der Waals surface area contributed by atoms with E-state index < -0.39 is 11.7 Å². The van der Waals surface area contributed by atoms with Crippen LogP contribution in [0.15, 0.2) is 12.1 Å². The highest BCUT2D eigenvalue weighted by Gasteiger charge is 2.16. The van der Waals surface area contributed by atoms with E-state index in [1.807, 2.05) is 46.8 Å². The summed E-state index contributed by atoms with van der Waals surface area (Å²) in [6, 6.07) is 4.05. The summed E-state index contributed by atoms with van der Waals surface area (Å²) < 4.78 is 5.14. The van der Waals surface area contributed by atoms with E-state index in [0.717, 1.165) is 10.9 Å². The Morgan fingerprint density at radius 1 is 1.25 bits per heavy atom. The molecule has 0 aliphatic rings. The highest BCUT2D eigenvalue weighted by atomic mass is 16.6. The molecule has 0 aliphatic carbocycles. The van der Waals surface area contributed by atoms with Crippen LogP contribution in [0.25, 0.3) is 10.9 Å². The molecule has 0 atom stereocenters. The molecule has 0 unspecified atom stereocenters. The monoisotopic (exact) mass is 276 g/mol. The Labute approximate surface area is 117 Å². The van der Waals surface area contributed by atoms with Gasteiger partial charge in [0.05, 0.1) is 5.52 Å². The average molecular weight is 276 g/mol. The van der Waals surface area contributed by atoms with Gasteiger partial charge in [0.25, 0.3) is 0 Å². The molecule has 0 aliphatic heterocycles. The Bertz CT molecular complexity index is 640. The maximum atomic E-state index is 11.6. The number of rotatable bonds is 2. The van der Waals surface area contributed by atoms with Crippen molar-refractivity contribution >= 4 is 22.8 Å². The van der Waals surface area contributed by atoms with Gasteiger partial charge in [0.2, 0.25) is 0 Å². The maximum absolute atomic E-state index is 11.6. The molecule has 3 N–H and O–H groups in total. The first-order valence-electron chi connectivity index (χ1n) is 6.46. The first-order chi connectivity index (χ1) is 9.26. The van der Waals surface area contributed by atoms with E-state index in [2.05, 4.69) is 21.0 Å². The minimum atomic E-state index is -0.544. The van der Waals surface area contributed by atoms with Crippen LogP contribution < -0.4 is 10.9 Å². The first kappa shape index (κ1) is 14.2. The summed E-state index contributed by atoms with van der Waals surface area (Å²) in [5.41, 5.74) is 7.98. The zero-order chi connectivity index (χ0) is 14.9. The van der Waals surface area contributed by atoms with Crippen molar-refractivity contribution in [3.05, 3.63) is 23.3 Å². The van der Waals surface area contributed by atoms with Crippen molar-refractivity contribution in [1.82, 2.24) is 15.6 Å². The van der Waals surface area contributed by atoms with E-state index >= 15 is 0 Å². The molecular weight excluding hydrogens is 256 g/mol. The Morgan fingerprint density at radius 2 is 1.90 bits per heavy atom. The molecule has 1 aromatic carbocycles. The number of fused-ring (bicyclic) bond motifs is 1. The molecule has 0 saturated heterocycles. The number of aromatic amines is 1. The standard InChI is InChI=1S/C14H20N4O2/c1-8-6-10-11(7-9(8)2)15-16-12(10)17-18-13(19)20-14(3,4)5/h6-7H,1-5H3,(H,18,19)(H2,15,16,17). The normalized spacial score (nSPS) is 11.4. The van der Waals surface area contributed by atoms with Crippen LogP contribution in [0.3, 0.4) is 0 Å². The van der Waals surface area contributed by atoms with E-state index in [-0.39, 0.29) is 0 Å². The van der Waals surface area contributed by atoms with Crippen LogP contribution >= 0.6 is 0 Å². The largest absolute Gasteiger partial charge is 0.443 e. The number of aryl methyl sites for hydroxylation is 2. The molecule has 6 heteroatoms. The number of hydrogen-bond acceptors (Lipinski definition) is 4. The second kappa shape index (κ2) is 5.03. The molecule has 1 aromatic heterocycles. The van der Waals surface area contributed by atoms with Crippen LogP contribution in [0.5, 0.6) is 0 Å². The lowest BCUT2D eigenvalue weighted by Gasteiger charge is -2.19. The van der Waals surface area contributed by atoms with Gasteiger partial charge in [0.15, 0.2) is 5.82 Å². The number of H-pyrrole nitrogens is 1. The van der Waals surface area contributed by atoms with Crippen LogP contribution in [0.4, 0.5) is 10.6 Å². The van der Waals surface area contributed by atoms with Crippen LogP contribution in [0, 0.1) is 13.8 Å². The molecule has 1 heterocycles. The second-order valence-corrected chi connectivity index (χ2v) is 5.81. The van der Waals surface area contributed by atoms with Gasteiger partial charge in [-0.3, -0.25) is 10.5 Å². The van der Waals surface area contributed by atoms with E-state index in [4.69, 9.17) is 4.74 Å². The number of benzene rings is 1. The molecule has 0 saturated carbocycles. The van der Waals surface area contributed by atoms with Crippen molar-refractivity contribution in [2.75, 3.05) is 5.43 Å². The number of nitrogens with one attached hydrogen (secondary N) is 3. The number of ether oxygens (including phenoxy) is 1. The number of carbonyl (C=O) groups excluding carboxylic acids is 1. The van der Waals surface area contributed by atoms with E-state index in [1.165, 1.54) is 11.1 Å². The highest BCUT2D eigenvalue weighted by molar-refractivity contribution is 5.91. The van der Waals surface area contributed by atoms with E-state index in [1.54, 1.807) is 0 Å². The number of carbonyl (C=O) groups is 1. The number of amides is 1. The maximum Gasteiger partial charge on any atom is 0.426 e. The number of hydrogen-bond donors (Lipinski definition) is 3. The van der Waals surface area contributed by atoms with Gasteiger partial charge in [-0.05, 0) is 57.9 Å². The average Bonchev–Trinajstić information content (AvgIpc) is 2.67. The van der Waals surface area contributed by atoms with Crippen molar-refractivity contribution in [2.45, 2.75) is 40.2 Å². The Kier molecular flexibility index (Phi) is 3.57. The summed E-state index contributed by atoms with van der Waals surface area (Å²) in [5.74, 6) is 0.564. The molecular formula is C14H20N4O2. The van der Waals surface area contributed by atoms with Gasteiger partial charge in [-0.25, -0.2) is 10.2 Å². The number of anilines is 1. The second-order valence-electron chi connectivity index (χ2n) is 5.81. The molecule has 1 amide bonds. The van der Waals surface area contributed by atoms with Crippen molar-refractivity contribution in [2.24, 2.45) is 0 Å². The molecule has 2 rings (SSSR count). The molecule has 0 radical (unpaired) electrons. The van der Waals surface area contributed by atoms with Crippen molar-refractivity contribution < 1.29 is 9.53 Å². The van der Waals surface area contributed by atoms with E-state index in [9.17, 15) is 4.79 Å². The van der Waals surface area contributed by atoms with Crippen molar-refractivity contribution in [3.63, 3.8) is 0 Å². The van der Waals surface area contributed by atoms with Crippen molar-refractivity contribution in [1.29, 1.82) is 0 Å². The molecule has 108 valence electrons. The first-order valence-corrected chi connectivity index (χ1v) is 6.46. The lowest BCUT2D eigenvalue weighted by Crippen LogP contribution is -2.35. The van der Waals surface area contributed by atoms with Crippen LogP contribution in [0.2, 0.25) is 0 Å². The van der Waals surface area contributed by atoms with Crippen LogP contribution in [-0.2, 0) is 4.74 Å². The Morgan fingerprint density at radius 3 is 2.55 bits per heavy atom. The predicted molar refractivity (Wildman–Crippen MR) is 78.6 cm³/mol. The SMILES string of the molecule is Cc1cc2[nH]nc(NNC(=O)OC(C)(C)C)c2cc1C. The third-order valence-electron chi connectivity index (χ3n) is 2.86. The summed E-state index contributed by atoms with van der Waals surface area (Å²) in [4.78, 5) is 11.6. The summed E-state index contributed by atoms with van der Waals surface area (Å²) in [6.07, 6.45) is -0.544. The quantitative estimate of drug-likeness (QED) is 0.737. The minimum absolute atomic E-state index is 0.535. The highest BCUT2D eigenvalue weighted by Crippen LogP contribution is 2.23. The topological polar surface area (TPSA) is 79.0 Å². The van der Waals surface area contributed by atoms with Gasteiger partial charge in [-0.2, -0.15) is 5.10 Å². The number of aromatic nitrogens is 2. The fraction of sp³-hybridized carbons (Fsp3) is 0.429. The molecule has 0 bridgehead atoms. The van der Waals surface area contributed by atoms with Gasteiger partial charge in [0.1, 0.15) is 5.60 Å². The lowest BCUT2D eigenvalue weighted by atomic mass is 10.1. The smallest absolute Gasteiger partial charge is 0.426 e. The van der Waals surface area contributed by atoms with Gasteiger partial charge in [0, 0.05) is 5.39 Å². The number of nitrogens with zero attached hydrogens (tertiary/aromatic N) is 1. The zero-order valence-corrected chi connectivity index (χ0v) is 12.4. The minimum Gasteiger partial charge on any atom is -0.443 e. The molecule has 20 heavy (non-hydrogen) atoms. The number of hydrazine groups is 1. The molecule has 2 aromatic rings. The van der Waals surface area contributed by atoms with Crippen molar-refractivity contribution in [3.8, 4) is 0 Å². The van der Waals surface area contributed by atoms with Gasteiger partial charge >= 0.3 is 6.09 Å². The van der Waals surface area contributed by atoms with Gasteiger partial charge < -0.3 is 4.74 Å². The van der Waals surface area contributed by atoms with Gasteiger partial charge in [-0.15, -0.1) is 0 Å². The Balaban J connectivity index is 2.11. The zero-order valence-electron chi connectivity index (χ0n) is 12.4. The predicted octanol–water partition coefficient (Wildman–Crippen LogP) is 3.03. The summed E-state index contributed by atoms with van der Waals surface area (Å²) in [7, 11) is 0. The molecule has 0 spiro atoms. The summed E-state index contributed by atoms with van der Waals surface area (Å²) in [5, 5.41) is 7.98. The third-order valence-corrected chi connectivity index (χ3v) is 2.86. The third kappa shape index (κ3) is 3.20. The van der Waals surface area contributed by atoms with Crippen LogP contribution in [0.1, 0.15) is 31.9 Å². The summed E-state index contributed by atoms with van der Waals surface area (Å²) >= 11 is 0. The fourth-order valence-corrected chi connectivity index (χ4v) is 1.79. The van der Waals surface area contributed by atoms with Crippen LogP contribution in [-0.4, -0.2) is 21.9 Å². The van der Waals surface area contributed by atoms with Gasteiger partial charge in [-0.1, -0.05) is 0 Å².